The summed E-state index contributed by atoms with van der Waals surface area (Å²) < 4.78 is 24.2. The molecule has 1 fully saturated rings. The lowest BCUT2D eigenvalue weighted by molar-refractivity contribution is 0.0928. The number of anilines is 1. The third-order valence-electron chi connectivity index (χ3n) is 4.68. The quantitative estimate of drug-likeness (QED) is 0.881. The highest BCUT2D eigenvalue weighted by molar-refractivity contribution is 6.04. The van der Waals surface area contributed by atoms with E-state index in [2.05, 4.69) is 10.5 Å². The largest absolute Gasteiger partial charge is 0.494 e. The molecule has 1 saturated carbocycles. The fraction of sp³-hybridized carbons (Fsp3) is 0.474. The van der Waals surface area contributed by atoms with Crippen molar-refractivity contribution in [3.63, 3.8) is 0 Å². The number of halogens is 1. The van der Waals surface area contributed by atoms with E-state index in [1.165, 1.54) is 25.7 Å². The zero-order chi connectivity index (χ0) is 18.7. The zero-order valence-electron chi connectivity index (χ0n) is 15.3. The highest BCUT2D eigenvalue weighted by atomic mass is 19.1. The molecule has 0 spiro atoms. The van der Waals surface area contributed by atoms with E-state index < -0.39 is 5.82 Å². The minimum absolute atomic E-state index is 0.0870. The maximum atomic E-state index is 13.7. The third kappa shape index (κ3) is 3.66. The van der Waals surface area contributed by atoms with Crippen LogP contribution in [0.15, 0.2) is 22.7 Å². The molecule has 1 amide bonds. The predicted octanol–water partition coefficient (Wildman–Crippen LogP) is 3.62. The summed E-state index contributed by atoms with van der Waals surface area (Å²) in [6.45, 7) is 0. The highest BCUT2D eigenvalue weighted by Crippen LogP contribution is 2.33. The molecule has 1 aromatic heterocycles. The molecule has 0 atom stereocenters. The zero-order valence-corrected chi connectivity index (χ0v) is 15.3. The normalized spacial score (nSPS) is 14.9. The summed E-state index contributed by atoms with van der Waals surface area (Å²) in [7, 11) is 4.99. The Hall–Kier alpha value is -2.57. The van der Waals surface area contributed by atoms with E-state index in [0.717, 1.165) is 25.7 Å². The van der Waals surface area contributed by atoms with Crippen LogP contribution in [0.1, 0.15) is 42.5 Å². The number of ether oxygens (including phenoxy) is 1. The summed E-state index contributed by atoms with van der Waals surface area (Å²) in [6.07, 6.45) is 5.42. The molecule has 1 N–H and O–H groups in total. The van der Waals surface area contributed by atoms with Gasteiger partial charge >= 0.3 is 0 Å². The molecule has 3 rings (SSSR count). The maximum Gasteiger partial charge on any atom is 0.259 e. The number of rotatable bonds is 5. The topological polar surface area (TPSA) is 67.6 Å². The van der Waals surface area contributed by atoms with Gasteiger partial charge in [0.25, 0.3) is 5.91 Å². The van der Waals surface area contributed by atoms with Crippen LogP contribution < -0.4 is 15.0 Å². The number of nitrogens with one attached hydrogen (secondary N) is 1. The van der Waals surface area contributed by atoms with Crippen molar-refractivity contribution in [2.24, 2.45) is 0 Å². The van der Waals surface area contributed by atoms with Crippen molar-refractivity contribution >= 4 is 11.7 Å². The van der Waals surface area contributed by atoms with Gasteiger partial charge in [-0.15, -0.1) is 0 Å². The monoisotopic (exact) mass is 361 g/mol. The minimum atomic E-state index is -0.475. The van der Waals surface area contributed by atoms with E-state index in [1.54, 1.807) is 25.1 Å². The van der Waals surface area contributed by atoms with Crippen LogP contribution in [0.3, 0.4) is 0 Å². The van der Waals surface area contributed by atoms with Gasteiger partial charge in [-0.3, -0.25) is 4.79 Å². The van der Waals surface area contributed by atoms with E-state index in [9.17, 15) is 9.18 Å². The van der Waals surface area contributed by atoms with Crippen molar-refractivity contribution in [2.45, 2.75) is 38.1 Å². The number of carbonyl (C=O) groups is 1. The molecule has 2 aromatic rings. The lowest BCUT2D eigenvalue weighted by atomic mass is 9.95. The molecule has 0 aliphatic heterocycles. The van der Waals surface area contributed by atoms with Crippen molar-refractivity contribution in [3.05, 3.63) is 29.6 Å². The van der Waals surface area contributed by atoms with Crippen molar-refractivity contribution in [3.8, 4) is 17.1 Å². The van der Waals surface area contributed by atoms with Crippen LogP contribution in [0.25, 0.3) is 11.3 Å². The van der Waals surface area contributed by atoms with Crippen LogP contribution in [0.4, 0.5) is 10.2 Å². The van der Waals surface area contributed by atoms with Crippen molar-refractivity contribution in [1.29, 1.82) is 0 Å². The summed E-state index contributed by atoms with van der Waals surface area (Å²) in [5, 5.41) is 7.14. The number of carbonyl (C=O) groups excluding carboxylic acids is 1. The molecule has 6 nitrogen and oxygen atoms in total. The van der Waals surface area contributed by atoms with Gasteiger partial charge in [0.2, 0.25) is 0 Å². The van der Waals surface area contributed by atoms with E-state index in [0.29, 0.717) is 22.7 Å². The number of hydrogen-bond donors (Lipinski definition) is 1. The van der Waals surface area contributed by atoms with Gasteiger partial charge in [0.05, 0.1) is 7.11 Å². The lowest BCUT2D eigenvalue weighted by Gasteiger charge is -2.23. The first-order valence-corrected chi connectivity index (χ1v) is 8.83. The highest BCUT2D eigenvalue weighted by Gasteiger charge is 2.28. The molecule has 1 heterocycles. The standard InChI is InChI=1S/C19H24FN3O3/c1-23(2)18-16(19(24)21-13-7-5-4-6-8-13)17(26-22-18)12-9-10-14(20)15(11-12)25-3/h9-11,13H,4-8H2,1-3H3,(H,21,24). The Morgan fingerprint density at radius 3 is 2.69 bits per heavy atom. The SMILES string of the molecule is COc1cc(-c2onc(N(C)C)c2C(=O)NC2CCCCC2)ccc1F. The molecule has 7 heteroatoms. The van der Waals surface area contributed by atoms with Crippen molar-refractivity contribution in [1.82, 2.24) is 10.5 Å². The summed E-state index contributed by atoms with van der Waals surface area (Å²) in [5.41, 5.74) is 0.895. The van der Waals surface area contributed by atoms with Gasteiger partial charge in [0.1, 0.15) is 5.56 Å². The number of methoxy groups -OCH3 is 1. The van der Waals surface area contributed by atoms with Gasteiger partial charge in [0.15, 0.2) is 23.1 Å². The number of aromatic nitrogens is 1. The van der Waals surface area contributed by atoms with E-state index in [4.69, 9.17) is 9.26 Å². The Balaban J connectivity index is 1.97. The second-order valence-corrected chi connectivity index (χ2v) is 6.76. The van der Waals surface area contributed by atoms with Crippen molar-refractivity contribution in [2.75, 3.05) is 26.1 Å². The smallest absolute Gasteiger partial charge is 0.259 e. The first-order valence-electron chi connectivity index (χ1n) is 8.83. The molecule has 26 heavy (non-hydrogen) atoms. The predicted molar refractivity (Wildman–Crippen MR) is 97.1 cm³/mol. The Morgan fingerprint density at radius 1 is 1.31 bits per heavy atom. The van der Waals surface area contributed by atoms with Crippen LogP contribution in [-0.2, 0) is 0 Å². The average molecular weight is 361 g/mol. The average Bonchev–Trinajstić information content (AvgIpc) is 3.08. The first-order chi connectivity index (χ1) is 12.5. The maximum absolute atomic E-state index is 13.7. The Morgan fingerprint density at radius 2 is 2.04 bits per heavy atom. The molecule has 1 aliphatic carbocycles. The number of amides is 1. The summed E-state index contributed by atoms with van der Waals surface area (Å²) in [4.78, 5) is 14.7. The van der Waals surface area contributed by atoms with E-state index in [-0.39, 0.29) is 17.7 Å². The van der Waals surface area contributed by atoms with E-state index >= 15 is 0 Å². The fourth-order valence-electron chi connectivity index (χ4n) is 3.29. The fourth-order valence-corrected chi connectivity index (χ4v) is 3.29. The Bertz CT molecular complexity index is 782. The van der Waals surface area contributed by atoms with Crippen LogP contribution >= 0.6 is 0 Å². The van der Waals surface area contributed by atoms with E-state index in [1.807, 2.05) is 0 Å². The molecule has 1 aromatic carbocycles. The molecule has 1 aliphatic rings. The second-order valence-electron chi connectivity index (χ2n) is 6.76. The summed E-state index contributed by atoms with van der Waals surface area (Å²) >= 11 is 0. The molecule has 0 saturated heterocycles. The Labute approximate surface area is 152 Å². The van der Waals surface area contributed by atoms with Crippen molar-refractivity contribution < 1.29 is 18.4 Å². The summed E-state index contributed by atoms with van der Waals surface area (Å²) in [6, 6.07) is 4.51. The number of benzene rings is 1. The van der Waals surface area contributed by atoms with Gasteiger partial charge in [-0.05, 0) is 31.0 Å². The van der Waals surface area contributed by atoms with Gasteiger partial charge in [-0.25, -0.2) is 4.39 Å². The van der Waals surface area contributed by atoms with Gasteiger partial charge in [-0.1, -0.05) is 24.4 Å². The summed E-state index contributed by atoms with van der Waals surface area (Å²) in [5.74, 6) is 0.137. The molecule has 0 radical (unpaired) electrons. The van der Waals surface area contributed by atoms with Crippen LogP contribution in [0.2, 0.25) is 0 Å². The van der Waals surface area contributed by atoms with Gasteiger partial charge < -0.3 is 19.5 Å². The lowest BCUT2D eigenvalue weighted by Crippen LogP contribution is -2.36. The molecular formula is C19H24FN3O3. The van der Waals surface area contributed by atoms with Gasteiger partial charge in [-0.2, -0.15) is 0 Å². The molecule has 140 valence electrons. The van der Waals surface area contributed by atoms with Crippen LogP contribution in [0.5, 0.6) is 5.75 Å². The van der Waals surface area contributed by atoms with Crippen LogP contribution in [0, 0.1) is 5.82 Å². The minimum Gasteiger partial charge on any atom is -0.494 e. The Kier molecular flexibility index (Phi) is 5.44. The second kappa shape index (κ2) is 7.76. The van der Waals surface area contributed by atoms with Gasteiger partial charge in [0, 0.05) is 25.7 Å². The van der Waals surface area contributed by atoms with Crippen LogP contribution in [-0.4, -0.2) is 38.3 Å². The molecule has 0 bridgehead atoms. The first kappa shape index (κ1) is 18.2. The number of hydrogen-bond acceptors (Lipinski definition) is 5. The third-order valence-corrected chi connectivity index (χ3v) is 4.68. The molecule has 0 unspecified atom stereocenters. The number of nitrogens with zero attached hydrogens (tertiary/aromatic N) is 2. The molecular weight excluding hydrogens is 337 g/mol.